The van der Waals surface area contributed by atoms with Gasteiger partial charge in [0.2, 0.25) is 0 Å². The summed E-state index contributed by atoms with van der Waals surface area (Å²) in [4.78, 5) is 5.63. The summed E-state index contributed by atoms with van der Waals surface area (Å²) < 4.78 is 0. The molecule has 0 aromatic heterocycles. The van der Waals surface area contributed by atoms with Crippen LogP contribution in [-0.4, -0.2) is 35.0 Å². The van der Waals surface area contributed by atoms with Gasteiger partial charge in [-0.2, -0.15) is 0 Å². The summed E-state index contributed by atoms with van der Waals surface area (Å²) in [6.07, 6.45) is 9.06. The predicted molar refractivity (Wildman–Crippen MR) is 77.9 cm³/mol. The molecular formula is C17H24N2. The fourth-order valence-electron chi connectivity index (χ4n) is 4.59. The second-order valence-corrected chi connectivity index (χ2v) is 6.39. The van der Waals surface area contributed by atoms with Gasteiger partial charge in [-0.05, 0) is 31.2 Å². The van der Waals surface area contributed by atoms with Gasteiger partial charge in [0.05, 0.1) is 6.17 Å². The molecule has 0 radical (unpaired) electrons. The summed E-state index contributed by atoms with van der Waals surface area (Å²) in [5.74, 6) is 0. The van der Waals surface area contributed by atoms with Gasteiger partial charge in [-0.25, -0.2) is 0 Å². The molecule has 1 aromatic rings. The summed E-state index contributed by atoms with van der Waals surface area (Å²) in [6, 6.07) is 12.9. The van der Waals surface area contributed by atoms with E-state index >= 15 is 0 Å². The van der Waals surface area contributed by atoms with Crippen LogP contribution in [-0.2, 0) is 0 Å². The topological polar surface area (TPSA) is 6.48 Å². The van der Waals surface area contributed by atoms with Gasteiger partial charge >= 0.3 is 0 Å². The molecule has 0 unspecified atom stereocenters. The molecule has 2 heteroatoms. The van der Waals surface area contributed by atoms with E-state index in [0.29, 0.717) is 6.17 Å². The number of piperidine rings is 2. The summed E-state index contributed by atoms with van der Waals surface area (Å²) in [5.41, 5.74) is 1.51. The van der Waals surface area contributed by atoms with Gasteiger partial charge in [0.1, 0.15) is 0 Å². The highest BCUT2D eigenvalue weighted by Gasteiger charge is 2.48. The number of benzene rings is 1. The lowest BCUT2D eigenvalue weighted by Crippen LogP contribution is -2.41. The molecule has 3 aliphatic rings. The maximum absolute atomic E-state index is 2.81. The van der Waals surface area contributed by atoms with Crippen LogP contribution in [0.25, 0.3) is 0 Å². The first kappa shape index (κ1) is 11.9. The minimum Gasteiger partial charge on any atom is -0.280 e. The van der Waals surface area contributed by atoms with E-state index in [1.807, 2.05) is 0 Å². The Labute approximate surface area is 116 Å². The quantitative estimate of drug-likeness (QED) is 0.760. The fraction of sp³-hybridized carbons (Fsp3) is 0.647. The molecule has 2 atom stereocenters. The van der Waals surface area contributed by atoms with Crippen LogP contribution in [0.15, 0.2) is 30.3 Å². The Kier molecular flexibility index (Phi) is 3.08. The monoisotopic (exact) mass is 256 g/mol. The Morgan fingerprint density at radius 2 is 1.32 bits per heavy atom. The van der Waals surface area contributed by atoms with Gasteiger partial charge in [-0.1, -0.05) is 43.2 Å². The third-order valence-electron chi connectivity index (χ3n) is 5.35. The molecule has 2 nitrogen and oxygen atoms in total. The normalized spacial score (nSPS) is 33.1. The zero-order chi connectivity index (χ0) is 12.7. The largest absolute Gasteiger partial charge is 0.280 e. The van der Waals surface area contributed by atoms with Crippen LogP contribution in [0.4, 0.5) is 0 Å². The number of fused-ring (bicyclic) bond motifs is 3. The zero-order valence-corrected chi connectivity index (χ0v) is 11.7. The molecule has 3 aliphatic heterocycles. The molecule has 0 saturated carbocycles. The summed E-state index contributed by atoms with van der Waals surface area (Å²) in [7, 11) is 0. The Morgan fingerprint density at radius 1 is 0.737 bits per heavy atom. The highest BCUT2D eigenvalue weighted by atomic mass is 15.5. The third kappa shape index (κ3) is 1.93. The van der Waals surface area contributed by atoms with Gasteiger partial charge in [-0.15, -0.1) is 0 Å². The predicted octanol–water partition coefficient (Wildman–Crippen LogP) is 3.41. The fourth-order valence-corrected chi connectivity index (χ4v) is 4.59. The van der Waals surface area contributed by atoms with E-state index in [1.54, 1.807) is 0 Å². The number of rotatable bonds is 1. The van der Waals surface area contributed by atoms with E-state index in [1.165, 1.54) is 57.2 Å². The van der Waals surface area contributed by atoms with Crippen LogP contribution in [0.3, 0.4) is 0 Å². The van der Waals surface area contributed by atoms with Crippen molar-refractivity contribution in [2.45, 2.75) is 56.8 Å². The van der Waals surface area contributed by atoms with Crippen molar-refractivity contribution >= 4 is 0 Å². The molecule has 19 heavy (non-hydrogen) atoms. The van der Waals surface area contributed by atoms with Crippen LogP contribution >= 0.6 is 0 Å². The van der Waals surface area contributed by atoms with Crippen molar-refractivity contribution in [3.63, 3.8) is 0 Å². The smallest absolute Gasteiger partial charge is 0.0892 e. The molecule has 4 rings (SSSR count). The van der Waals surface area contributed by atoms with E-state index in [-0.39, 0.29) is 0 Å². The first-order valence-corrected chi connectivity index (χ1v) is 8.01. The maximum atomic E-state index is 2.81. The highest BCUT2D eigenvalue weighted by Crippen LogP contribution is 2.44. The number of nitrogens with zero attached hydrogens (tertiary/aromatic N) is 2. The molecular weight excluding hydrogens is 232 g/mol. The molecule has 0 bridgehead atoms. The minimum atomic E-state index is 0.566. The average molecular weight is 256 g/mol. The van der Waals surface area contributed by atoms with Crippen molar-refractivity contribution in [3.05, 3.63) is 35.9 Å². The Balaban J connectivity index is 1.71. The van der Waals surface area contributed by atoms with Gasteiger partial charge < -0.3 is 0 Å². The lowest BCUT2D eigenvalue weighted by atomic mass is 9.92. The Hall–Kier alpha value is -0.860. The van der Waals surface area contributed by atoms with Crippen molar-refractivity contribution in [2.75, 3.05) is 13.1 Å². The second-order valence-electron chi connectivity index (χ2n) is 6.39. The summed E-state index contributed by atoms with van der Waals surface area (Å²) >= 11 is 0. The molecule has 0 N–H and O–H groups in total. The highest BCUT2D eigenvalue weighted by molar-refractivity contribution is 5.22. The van der Waals surface area contributed by atoms with E-state index in [4.69, 9.17) is 0 Å². The molecule has 0 amide bonds. The Bertz CT molecular complexity index is 408. The first-order chi connectivity index (χ1) is 9.45. The molecule has 102 valence electrons. The van der Waals surface area contributed by atoms with Gasteiger partial charge in [0, 0.05) is 25.2 Å². The lowest BCUT2D eigenvalue weighted by molar-refractivity contribution is 0.0910. The first-order valence-electron chi connectivity index (χ1n) is 8.01. The lowest BCUT2D eigenvalue weighted by Gasteiger charge is -2.35. The third-order valence-corrected chi connectivity index (χ3v) is 5.35. The van der Waals surface area contributed by atoms with Crippen LogP contribution in [0, 0.1) is 0 Å². The van der Waals surface area contributed by atoms with Crippen LogP contribution < -0.4 is 0 Å². The summed E-state index contributed by atoms with van der Waals surface area (Å²) in [6.45, 7) is 2.61. The van der Waals surface area contributed by atoms with Crippen LogP contribution in [0.1, 0.15) is 50.3 Å². The van der Waals surface area contributed by atoms with Crippen LogP contribution in [0.2, 0.25) is 0 Å². The molecule has 0 spiro atoms. The van der Waals surface area contributed by atoms with E-state index < -0.39 is 0 Å². The van der Waals surface area contributed by atoms with Crippen LogP contribution in [0.5, 0.6) is 0 Å². The molecule has 3 fully saturated rings. The molecule has 3 saturated heterocycles. The number of hydrogen-bond acceptors (Lipinski definition) is 2. The number of hydrogen-bond donors (Lipinski definition) is 0. The average Bonchev–Trinajstić information content (AvgIpc) is 2.83. The van der Waals surface area contributed by atoms with Gasteiger partial charge in [0.25, 0.3) is 0 Å². The molecule has 3 heterocycles. The summed E-state index contributed by atoms with van der Waals surface area (Å²) in [5, 5.41) is 0. The van der Waals surface area contributed by atoms with E-state index in [9.17, 15) is 0 Å². The zero-order valence-electron chi connectivity index (χ0n) is 11.7. The minimum absolute atomic E-state index is 0.566. The van der Waals surface area contributed by atoms with Crippen molar-refractivity contribution in [3.8, 4) is 0 Å². The van der Waals surface area contributed by atoms with Gasteiger partial charge in [-0.3, -0.25) is 9.80 Å². The van der Waals surface area contributed by atoms with Crippen molar-refractivity contribution < 1.29 is 0 Å². The maximum Gasteiger partial charge on any atom is 0.0892 e. The standard InChI is InChI=1S/C17H24N2/c1-2-8-14(9-3-1)17-18-12-6-4-10-15(18)16-11-5-7-13-19(16)17/h1-3,8-9,15-17H,4-7,10-13H2/t15-,16-/m1/s1. The van der Waals surface area contributed by atoms with Crippen molar-refractivity contribution in [2.24, 2.45) is 0 Å². The Morgan fingerprint density at radius 3 is 1.89 bits per heavy atom. The van der Waals surface area contributed by atoms with Gasteiger partial charge in [0.15, 0.2) is 0 Å². The SMILES string of the molecule is c1ccc(C2N3CCCC[C@@H]3[C@H]3CCCCN23)cc1. The molecule has 1 aromatic carbocycles. The van der Waals surface area contributed by atoms with Crippen molar-refractivity contribution in [1.29, 1.82) is 0 Å². The molecule has 0 aliphatic carbocycles. The second kappa shape index (κ2) is 4.92. The van der Waals surface area contributed by atoms with E-state index in [2.05, 4.69) is 40.1 Å². The van der Waals surface area contributed by atoms with E-state index in [0.717, 1.165) is 12.1 Å². The van der Waals surface area contributed by atoms with Crippen molar-refractivity contribution in [1.82, 2.24) is 9.80 Å².